The number of aromatic carboxylic acids is 1. The standard InChI is InChI=1S/C14H15N3O2S/c1-7-5-8(2)16-13(12(7)14(18)19)20-11-6-15-9(3)10(4)17-11/h5-6H,1-4H3,(H,18,19). The van der Waals surface area contributed by atoms with Gasteiger partial charge in [0.25, 0.3) is 0 Å². The molecule has 0 amide bonds. The van der Waals surface area contributed by atoms with Gasteiger partial charge in [-0.2, -0.15) is 0 Å². The van der Waals surface area contributed by atoms with Crippen LogP contribution in [-0.4, -0.2) is 26.0 Å². The van der Waals surface area contributed by atoms with Gasteiger partial charge in [0.1, 0.15) is 10.1 Å². The molecular formula is C14H15N3O2S. The van der Waals surface area contributed by atoms with E-state index in [1.807, 2.05) is 20.8 Å². The first-order valence-electron chi connectivity index (χ1n) is 6.08. The summed E-state index contributed by atoms with van der Waals surface area (Å²) >= 11 is 1.23. The monoisotopic (exact) mass is 289 g/mol. The maximum atomic E-state index is 11.4. The van der Waals surface area contributed by atoms with Gasteiger partial charge in [0, 0.05) is 5.69 Å². The van der Waals surface area contributed by atoms with Crippen LogP contribution in [0.5, 0.6) is 0 Å². The highest BCUT2D eigenvalue weighted by atomic mass is 32.2. The van der Waals surface area contributed by atoms with Crippen molar-refractivity contribution in [2.75, 3.05) is 0 Å². The summed E-state index contributed by atoms with van der Waals surface area (Å²) in [7, 11) is 0. The van der Waals surface area contributed by atoms with E-state index >= 15 is 0 Å². The molecular weight excluding hydrogens is 274 g/mol. The summed E-state index contributed by atoms with van der Waals surface area (Å²) in [6, 6.07) is 1.76. The van der Waals surface area contributed by atoms with E-state index in [4.69, 9.17) is 0 Å². The molecule has 104 valence electrons. The number of carbonyl (C=O) groups is 1. The highest BCUT2D eigenvalue weighted by Gasteiger charge is 2.17. The smallest absolute Gasteiger partial charge is 0.338 e. The Morgan fingerprint density at radius 3 is 2.45 bits per heavy atom. The Hall–Kier alpha value is -1.95. The quantitative estimate of drug-likeness (QED) is 0.936. The van der Waals surface area contributed by atoms with E-state index in [-0.39, 0.29) is 5.56 Å². The zero-order valence-electron chi connectivity index (χ0n) is 11.8. The van der Waals surface area contributed by atoms with Crippen LogP contribution in [0.3, 0.4) is 0 Å². The SMILES string of the molecule is Cc1cc(C)c(C(=O)O)c(Sc2cnc(C)c(C)n2)n1. The number of aryl methyl sites for hydroxylation is 4. The zero-order chi connectivity index (χ0) is 14.9. The van der Waals surface area contributed by atoms with Crippen LogP contribution in [0.1, 0.15) is 33.0 Å². The fourth-order valence-electron chi connectivity index (χ4n) is 1.81. The number of pyridine rings is 1. The average molecular weight is 289 g/mol. The van der Waals surface area contributed by atoms with Crippen molar-refractivity contribution in [2.24, 2.45) is 0 Å². The summed E-state index contributed by atoms with van der Waals surface area (Å²) in [4.78, 5) is 24.3. The van der Waals surface area contributed by atoms with Gasteiger partial charge < -0.3 is 5.11 Å². The maximum absolute atomic E-state index is 11.4. The number of hydrogen-bond acceptors (Lipinski definition) is 5. The van der Waals surface area contributed by atoms with Crippen LogP contribution in [0.4, 0.5) is 0 Å². The highest BCUT2D eigenvalue weighted by Crippen LogP contribution is 2.29. The van der Waals surface area contributed by atoms with Crippen LogP contribution in [0, 0.1) is 27.7 Å². The molecule has 0 bridgehead atoms. The molecule has 0 atom stereocenters. The van der Waals surface area contributed by atoms with Gasteiger partial charge in [-0.3, -0.25) is 4.98 Å². The normalized spacial score (nSPS) is 10.6. The van der Waals surface area contributed by atoms with Gasteiger partial charge in [-0.15, -0.1) is 0 Å². The maximum Gasteiger partial charge on any atom is 0.338 e. The highest BCUT2D eigenvalue weighted by molar-refractivity contribution is 7.99. The van der Waals surface area contributed by atoms with E-state index in [0.29, 0.717) is 15.6 Å². The van der Waals surface area contributed by atoms with Gasteiger partial charge in [0.05, 0.1) is 23.1 Å². The van der Waals surface area contributed by atoms with E-state index in [1.165, 1.54) is 11.8 Å². The van der Waals surface area contributed by atoms with Crippen molar-refractivity contribution in [3.05, 3.63) is 40.5 Å². The number of aromatic nitrogens is 3. The summed E-state index contributed by atoms with van der Waals surface area (Å²) < 4.78 is 0. The number of carboxylic acid groups (broad SMARTS) is 1. The lowest BCUT2D eigenvalue weighted by Gasteiger charge is -2.09. The zero-order valence-corrected chi connectivity index (χ0v) is 12.6. The van der Waals surface area contributed by atoms with Crippen molar-refractivity contribution in [3.63, 3.8) is 0 Å². The largest absolute Gasteiger partial charge is 0.478 e. The Kier molecular flexibility index (Phi) is 4.04. The van der Waals surface area contributed by atoms with Crippen molar-refractivity contribution in [3.8, 4) is 0 Å². The lowest BCUT2D eigenvalue weighted by atomic mass is 10.1. The Balaban J connectivity index is 2.47. The minimum atomic E-state index is -0.978. The van der Waals surface area contributed by atoms with Gasteiger partial charge in [-0.1, -0.05) is 0 Å². The van der Waals surface area contributed by atoms with Crippen molar-refractivity contribution in [1.29, 1.82) is 0 Å². The number of carboxylic acids is 1. The summed E-state index contributed by atoms with van der Waals surface area (Å²) in [6.07, 6.45) is 1.64. The van der Waals surface area contributed by atoms with E-state index < -0.39 is 5.97 Å². The second-order valence-electron chi connectivity index (χ2n) is 4.55. The summed E-state index contributed by atoms with van der Waals surface area (Å²) in [5.41, 5.74) is 3.40. The number of hydrogen-bond donors (Lipinski definition) is 1. The first-order valence-corrected chi connectivity index (χ1v) is 6.89. The number of rotatable bonds is 3. The molecule has 0 aliphatic heterocycles. The fourth-order valence-corrected chi connectivity index (χ4v) is 2.83. The van der Waals surface area contributed by atoms with Gasteiger partial charge in [-0.05, 0) is 51.1 Å². The molecule has 2 heterocycles. The summed E-state index contributed by atoms with van der Waals surface area (Å²) in [5.74, 6) is -0.978. The Morgan fingerprint density at radius 2 is 1.85 bits per heavy atom. The molecule has 2 aromatic heterocycles. The second kappa shape index (κ2) is 5.58. The molecule has 0 radical (unpaired) electrons. The van der Waals surface area contributed by atoms with Crippen LogP contribution in [0.25, 0.3) is 0 Å². The van der Waals surface area contributed by atoms with E-state index in [0.717, 1.165) is 17.1 Å². The molecule has 2 aromatic rings. The number of nitrogens with zero attached hydrogens (tertiary/aromatic N) is 3. The molecule has 0 fully saturated rings. The van der Waals surface area contributed by atoms with Gasteiger partial charge in [0.15, 0.2) is 0 Å². The summed E-state index contributed by atoms with van der Waals surface area (Å²) in [6.45, 7) is 7.37. The molecule has 0 spiro atoms. The summed E-state index contributed by atoms with van der Waals surface area (Å²) in [5, 5.41) is 10.4. The average Bonchev–Trinajstić information content (AvgIpc) is 2.32. The third-order valence-corrected chi connectivity index (χ3v) is 3.79. The van der Waals surface area contributed by atoms with Crippen molar-refractivity contribution < 1.29 is 9.90 Å². The predicted molar refractivity (Wildman–Crippen MR) is 76.3 cm³/mol. The lowest BCUT2D eigenvalue weighted by Crippen LogP contribution is -2.05. The van der Waals surface area contributed by atoms with Crippen molar-refractivity contribution >= 4 is 17.7 Å². The predicted octanol–water partition coefficient (Wildman–Crippen LogP) is 2.95. The molecule has 2 rings (SSSR count). The molecule has 5 nitrogen and oxygen atoms in total. The Labute approximate surface area is 121 Å². The van der Waals surface area contributed by atoms with Gasteiger partial charge >= 0.3 is 5.97 Å². The third kappa shape index (κ3) is 2.96. The minimum Gasteiger partial charge on any atom is -0.478 e. The van der Waals surface area contributed by atoms with Gasteiger partial charge in [-0.25, -0.2) is 14.8 Å². The molecule has 0 saturated carbocycles. The van der Waals surface area contributed by atoms with Crippen LogP contribution >= 0.6 is 11.8 Å². The molecule has 0 saturated heterocycles. The van der Waals surface area contributed by atoms with E-state index in [9.17, 15) is 9.90 Å². The molecule has 0 unspecified atom stereocenters. The van der Waals surface area contributed by atoms with Crippen LogP contribution in [-0.2, 0) is 0 Å². The third-order valence-electron chi connectivity index (χ3n) is 2.90. The molecule has 1 N–H and O–H groups in total. The minimum absolute atomic E-state index is 0.223. The molecule has 20 heavy (non-hydrogen) atoms. The molecule has 6 heteroatoms. The Bertz CT molecular complexity index is 686. The van der Waals surface area contributed by atoms with Crippen LogP contribution < -0.4 is 0 Å². The van der Waals surface area contributed by atoms with Gasteiger partial charge in [0.2, 0.25) is 0 Å². The first-order chi connectivity index (χ1) is 9.38. The van der Waals surface area contributed by atoms with E-state index in [2.05, 4.69) is 15.0 Å². The Morgan fingerprint density at radius 1 is 1.15 bits per heavy atom. The van der Waals surface area contributed by atoms with Crippen molar-refractivity contribution in [1.82, 2.24) is 15.0 Å². The van der Waals surface area contributed by atoms with Crippen molar-refractivity contribution in [2.45, 2.75) is 37.7 Å². The molecule has 0 aromatic carbocycles. The lowest BCUT2D eigenvalue weighted by molar-refractivity contribution is 0.0691. The first kappa shape index (κ1) is 14.5. The second-order valence-corrected chi connectivity index (χ2v) is 5.56. The molecule has 0 aliphatic carbocycles. The van der Waals surface area contributed by atoms with E-state index in [1.54, 1.807) is 19.2 Å². The van der Waals surface area contributed by atoms with Crippen LogP contribution in [0.2, 0.25) is 0 Å². The molecule has 0 aliphatic rings. The fraction of sp³-hybridized carbons (Fsp3) is 0.286. The topological polar surface area (TPSA) is 76.0 Å². The van der Waals surface area contributed by atoms with Crippen LogP contribution in [0.15, 0.2) is 22.3 Å².